The largest absolute Gasteiger partial charge is 0.372 e. The normalized spacial score (nSPS) is 23.1. The van der Waals surface area contributed by atoms with E-state index in [1.54, 1.807) is 6.20 Å². The minimum Gasteiger partial charge on any atom is -0.372 e. The molecule has 20 heavy (non-hydrogen) atoms. The molecular weight excluding hydrogens is 252 g/mol. The number of imidazole rings is 1. The fourth-order valence-electron chi connectivity index (χ4n) is 2.71. The maximum Gasteiger partial charge on any atom is 0.141 e. The molecule has 0 aliphatic carbocycles. The Morgan fingerprint density at radius 1 is 1.15 bits per heavy atom. The molecule has 1 fully saturated rings. The molecule has 2 aromatic rings. The van der Waals surface area contributed by atoms with Crippen LogP contribution in [0.3, 0.4) is 0 Å². The SMILES string of the molecule is C[C@@H]1CN(c2ccc(-c3nccn3C)cn2)C[C@H](C)O1. The van der Waals surface area contributed by atoms with E-state index in [9.17, 15) is 0 Å². The first-order valence-corrected chi connectivity index (χ1v) is 6.97. The molecule has 2 aromatic heterocycles. The Morgan fingerprint density at radius 2 is 1.90 bits per heavy atom. The zero-order valence-corrected chi connectivity index (χ0v) is 12.2. The third-order valence-corrected chi connectivity index (χ3v) is 3.57. The van der Waals surface area contributed by atoms with Crippen LogP contribution in [0.1, 0.15) is 13.8 Å². The number of anilines is 1. The van der Waals surface area contributed by atoms with Crippen molar-refractivity contribution < 1.29 is 4.74 Å². The van der Waals surface area contributed by atoms with E-state index >= 15 is 0 Å². The highest BCUT2D eigenvalue weighted by Crippen LogP contribution is 2.21. The molecule has 0 radical (unpaired) electrons. The summed E-state index contributed by atoms with van der Waals surface area (Å²) in [5, 5.41) is 0. The van der Waals surface area contributed by atoms with Gasteiger partial charge in [0.05, 0.1) is 12.2 Å². The van der Waals surface area contributed by atoms with Gasteiger partial charge in [0, 0.05) is 44.3 Å². The fourth-order valence-corrected chi connectivity index (χ4v) is 2.71. The molecule has 2 atom stereocenters. The molecule has 1 aliphatic rings. The summed E-state index contributed by atoms with van der Waals surface area (Å²) in [5.74, 6) is 1.94. The number of hydrogen-bond donors (Lipinski definition) is 0. The third-order valence-electron chi connectivity index (χ3n) is 3.57. The van der Waals surface area contributed by atoms with Gasteiger partial charge in [0.2, 0.25) is 0 Å². The van der Waals surface area contributed by atoms with Crippen molar-refractivity contribution in [3.63, 3.8) is 0 Å². The van der Waals surface area contributed by atoms with Gasteiger partial charge in [-0.3, -0.25) is 0 Å². The monoisotopic (exact) mass is 272 g/mol. The summed E-state index contributed by atoms with van der Waals surface area (Å²) in [6.07, 6.45) is 6.12. The minimum atomic E-state index is 0.245. The van der Waals surface area contributed by atoms with Crippen molar-refractivity contribution in [3.05, 3.63) is 30.7 Å². The van der Waals surface area contributed by atoms with Crippen LogP contribution >= 0.6 is 0 Å². The Hall–Kier alpha value is -1.88. The molecule has 3 rings (SSSR count). The van der Waals surface area contributed by atoms with Crippen LogP contribution in [-0.2, 0) is 11.8 Å². The average Bonchev–Trinajstić information content (AvgIpc) is 2.84. The number of pyridine rings is 1. The predicted molar refractivity (Wildman–Crippen MR) is 78.7 cm³/mol. The highest BCUT2D eigenvalue weighted by atomic mass is 16.5. The van der Waals surface area contributed by atoms with Crippen LogP contribution in [0.25, 0.3) is 11.4 Å². The number of aryl methyl sites for hydroxylation is 1. The lowest BCUT2D eigenvalue weighted by Gasteiger charge is -2.36. The lowest BCUT2D eigenvalue weighted by Crippen LogP contribution is -2.45. The van der Waals surface area contributed by atoms with E-state index in [1.807, 2.05) is 24.0 Å². The Bertz CT molecular complexity index is 568. The standard InChI is InChI=1S/C15H20N4O/c1-11-9-19(10-12(2)20-11)14-5-4-13(8-17-14)15-16-6-7-18(15)3/h4-8,11-12H,9-10H2,1-3H3/t11-,12+. The van der Waals surface area contributed by atoms with E-state index in [1.165, 1.54) is 0 Å². The lowest BCUT2D eigenvalue weighted by molar-refractivity contribution is -0.00545. The van der Waals surface area contributed by atoms with E-state index < -0.39 is 0 Å². The number of morpholine rings is 1. The van der Waals surface area contributed by atoms with Crippen LogP contribution in [0, 0.1) is 0 Å². The zero-order valence-electron chi connectivity index (χ0n) is 12.2. The summed E-state index contributed by atoms with van der Waals surface area (Å²) in [7, 11) is 1.99. The molecular formula is C15H20N4O. The van der Waals surface area contributed by atoms with Crippen molar-refractivity contribution in [3.8, 4) is 11.4 Å². The van der Waals surface area contributed by atoms with Crippen LogP contribution in [0.4, 0.5) is 5.82 Å². The van der Waals surface area contributed by atoms with E-state index in [4.69, 9.17) is 4.74 Å². The minimum absolute atomic E-state index is 0.245. The highest BCUT2D eigenvalue weighted by molar-refractivity contribution is 5.57. The number of aromatic nitrogens is 3. The quantitative estimate of drug-likeness (QED) is 0.839. The smallest absolute Gasteiger partial charge is 0.141 e. The first-order chi connectivity index (χ1) is 9.63. The van der Waals surface area contributed by atoms with Crippen molar-refractivity contribution in [1.82, 2.24) is 14.5 Å². The summed E-state index contributed by atoms with van der Waals surface area (Å²) in [5.41, 5.74) is 1.04. The second kappa shape index (κ2) is 5.25. The van der Waals surface area contributed by atoms with Crippen molar-refractivity contribution >= 4 is 5.82 Å². The molecule has 5 heteroatoms. The van der Waals surface area contributed by atoms with Crippen LogP contribution in [-0.4, -0.2) is 39.8 Å². The van der Waals surface area contributed by atoms with E-state index in [0.717, 1.165) is 30.3 Å². The zero-order chi connectivity index (χ0) is 14.1. The highest BCUT2D eigenvalue weighted by Gasteiger charge is 2.23. The van der Waals surface area contributed by atoms with Gasteiger partial charge in [-0.2, -0.15) is 0 Å². The predicted octanol–water partition coefficient (Wildman–Crippen LogP) is 2.10. The Kier molecular flexibility index (Phi) is 3.44. The summed E-state index contributed by atoms with van der Waals surface area (Å²) in [6.45, 7) is 5.98. The second-order valence-corrected chi connectivity index (χ2v) is 5.43. The lowest BCUT2D eigenvalue weighted by atomic mass is 10.2. The van der Waals surface area contributed by atoms with E-state index in [0.29, 0.717) is 0 Å². The number of hydrogen-bond acceptors (Lipinski definition) is 4. The van der Waals surface area contributed by atoms with Gasteiger partial charge in [0.25, 0.3) is 0 Å². The summed E-state index contributed by atoms with van der Waals surface area (Å²) >= 11 is 0. The molecule has 106 valence electrons. The molecule has 0 aromatic carbocycles. The summed E-state index contributed by atoms with van der Waals surface area (Å²) in [4.78, 5) is 11.2. The number of nitrogens with zero attached hydrogens (tertiary/aromatic N) is 4. The van der Waals surface area contributed by atoms with Gasteiger partial charge in [-0.15, -0.1) is 0 Å². The average molecular weight is 272 g/mol. The van der Waals surface area contributed by atoms with E-state index in [2.05, 4.69) is 40.8 Å². The van der Waals surface area contributed by atoms with E-state index in [-0.39, 0.29) is 12.2 Å². The fraction of sp³-hybridized carbons (Fsp3) is 0.467. The Balaban J connectivity index is 1.81. The molecule has 0 saturated carbocycles. The van der Waals surface area contributed by atoms with Gasteiger partial charge in [-0.25, -0.2) is 9.97 Å². The Morgan fingerprint density at radius 3 is 2.45 bits per heavy atom. The summed E-state index contributed by atoms with van der Waals surface area (Å²) in [6, 6.07) is 4.14. The first-order valence-electron chi connectivity index (χ1n) is 6.97. The van der Waals surface area contributed by atoms with Crippen LogP contribution < -0.4 is 4.90 Å². The van der Waals surface area contributed by atoms with Crippen molar-refractivity contribution in [2.75, 3.05) is 18.0 Å². The molecule has 0 spiro atoms. The molecule has 0 bridgehead atoms. The second-order valence-electron chi connectivity index (χ2n) is 5.43. The topological polar surface area (TPSA) is 43.2 Å². The number of rotatable bonds is 2. The molecule has 5 nitrogen and oxygen atoms in total. The van der Waals surface area contributed by atoms with Gasteiger partial charge in [-0.1, -0.05) is 0 Å². The maximum absolute atomic E-state index is 5.75. The first kappa shape index (κ1) is 13.1. The van der Waals surface area contributed by atoms with Gasteiger partial charge < -0.3 is 14.2 Å². The third kappa shape index (κ3) is 2.54. The van der Waals surface area contributed by atoms with Gasteiger partial charge >= 0.3 is 0 Å². The summed E-state index contributed by atoms with van der Waals surface area (Å²) < 4.78 is 7.75. The van der Waals surface area contributed by atoms with Gasteiger partial charge in [0.15, 0.2) is 0 Å². The van der Waals surface area contributed by atoms with Crippen molar-refractivity contribution in [1.29, 1.82) is 0 Å². The van der Waals surface area contributed by atoms with Gasteiger partial charge in [-0.05, 0) is 26.0 Å². The van der Waals surface area contributed by atoms with Crippen molar-refractivity contribution in [2.45, 2.75) is 26.1 Å². The van der Waals surface area contributed by atoms with Crippen molar-refractivity contribution in [2.24, 2.45) is 7.05 Å². The van der Waals surface area contributed by atoms with Crippen LogP contribution in [0.5, 0.6) is 0 Å². The molecule has 3 heterocycles. The maximum atomic E-state index is 5.75. The number of ether oxygens (including phenoxy) is 1. The Labute approximate surface area is 119 Å². The molecule has 1 saturated heterocycles. The van der Waals surface area contributed by atoms with Crippen LogP contribution in [0.2, 0.25) is 0 Å². The van der Waals surface area contributed by atoms with Crippen LogP contribution in [0.15, 0.2) is 30.7 Å². The molecule has 1 aliphatic heterocycles. The van der Waals surface area contributed by atoms with Gasteiger partial charge in [0.1, 0.15) is 11.6 Å². The molecule has 0 unspecified atom stereocenters. The molecule has 0 N–H and O–H groups in total. The molecule has 0 amide bonds.